The van der Waals surface area contributed by atoms with Gasteiger partial charge in [-0.2, -0.15) is 0 Å². The molecule has 4 aliphatic rings. The van der Waals surface area contributed by atoms with E-state index in [1.165, 1.54) is 0 Å². The molecular formula is C25H28N4O3. The molecule has 1 aromatic carbocycles. The summed E-state index contributed by atoms with van der Waals surface area (Å²) in [4.78, 5) is 37.3. The highest BCUT2D eigenvalue weighted by molar-refractivity contribution is 5.96. The van der Waals surface area contributed by atoms with Gasteiger partial charge in [0.1, 0.15) is 5.82 Å². The molecule has 3 fully saturated rings. The molecule has 1 saturated carbocycles. The van der Waals surface area contributed by atoms with Gasteiger partial charge in [0.2, 0.25) is 5.91 Å². The number of piperazine rings is 1. The number of benzene rings is 1. The second-order valence-corrected chi connectivity index (χ2v) is 9.68. The smallest absolute Gasteiger partial charge is 0.339 e. The normalized spacial score (nSPS) is 26.3. The summed E-state index contributed by atoms with van der Waals surface area (Å²) in [7, 11) is 2.14. The standard InChI is InChI=1S/C25H28N4O3/c1-27-12-14-28(15-13-27)21-7-6-18(16-26-21)24(8-9-24)23(31)29-11-10-25(17-29)20-5-3-2-4-19(20)22(30)32-25/h2-7,16H,8-15,17H2,1H3/t25-/m0/s1. The van der Waals surface area contributed by atoms with Gasteiger partial charge in [-0.3, -0.25) is 4.79 Å². The summed E-state index contributed by atoms with van der Waals surface area (Å²) < 4.78 is 5.84. The molecule has 1 aliphatic carbocycles. The van der Waals surface area contributed by atoms with E-state index >= 15 is 0 Å². The molecule has 3 aliphatic heterocycles. The molecule has 32 heavy (non-hydrogen) atoms. The number of pyridine rings is 1. The lowest BCUT2D eigenvalue weighted by atomic mass is 9.91. The minimum Gasteiger partial charge on any atom is -0.449 e. The Hall–Kier alpha value is -2.93. The van der Waals surface area contributed by atoms with Crippen LogP contribution in [0.3, 0.4) is 0 Å². The van der Waals surface area contributed by atoms with Crippen molar-refractivity contribution in [2.45, 2.75) is 30.3 Å². The quantitative estimate of drug-likeness (QED) is 0.693. The van der Waals surface area contributed by atoms with E-state index in [2.05, 4.69) is 29.0 Å². The van der Waals surface area contributed by atoms with Gasteiger partial charge in [-0.15, -0.1) is 0 Å². The van der Waals surface area contributed by atoms with Crippen molar-refractivity contribution in [3.63, 3.8) is 0 Å². The van der Waals surface area contributed by atoms with Crippen LogP contribution in [0.2, 0.25) is 0 Å². The molecule has 1 atom stereocenters. The third-order valence-electron chi connectivity index (χ3n) is 7.73. The Balaban J connectivity index is 1.20. The van der Waals surface area contributed by atoms with Crippen LogP contribution in [0.4, 0.5) is 5.82 Å². The molecule has 2 saturated heterocycles. The van der Waals surface area contributed by atoms with Crippen LogP contribution in [0, 0.1) is 0 Å². The molecule has 0 unspecified atom stereocenters. The molecular weight excluding hydrogens is 404 g/mol. The first-order valence-electron chi connectivity index (χ1n) is 11.5. The van der Waals surface area contributed by atoms with Gasteiger partial charge in [0.25, 0.3) is 0 Å². The van der Waals surface area contributed by atoms with Gasteiger partial charge in [-0.05, 0) is 37.6 Å². The van der Waals surface area contributed by atoms with E-state index in [1.54, 1.807) is 0 Å². The zero-order valence-electron chi connectivity index (χ0n) is 18.4. The summed E-state index contributed by atoms with van der Waals surface area (Å²) in [5, 5.41) is 0. The van der Waals surface area contributed by atoms with Crippen LogP contribution in [-0.2, 0) is 20.5 Å². The molecule has 2 aromatic rings. The van der Waals surface area contributed by atoms with Crippen LogP contribution in [0.15, 0.2) is 42.6 Å². The van der Waals surface area contributed by atoms with Crippen molar-refractivity contribution in [2.75, 3.05) is 51.2 Å². The van der Waals surface area contributed by atoms with Gasteiger partial charge < -0.3 is 19.4 Å². The van der Waals surface area contributed by atoms with Crippen molar-refractivity contribution in [3.8, 4) is 0 Å². The van der Waals surface area contributed by atoms with Crippen molar-refractivity contribution in [1.29, 1.82) is 0 Å². The molecule has 0 N–H and O–H groups in total. The first-order valence-corrected chi connectivity index (χ1v) is 11.5. The molecule has 166 valence electrons. The van der Waals surface area contributed by atoms with Gasteiger partial charge >= 0.3 is 5.97 Å². The second-order valence-electron chi connectivity index (χ2n) is 9.68. The van der Waals surface area contributed by atoms with Gasteiger partial charge in [0.05, 0.1) is 17.5 Å². The Bertz CT molecular complexity index is 1070. The van der Waals surface area contributed by atoms with E-state index in [0.29, 0.717) is 25.1 Å². The zero-order valence-corrected chi connectivity index (χ0v) is 18.4. The van der Waals surface area contributed by atoms with Crippen LogP contribution in [0.1, 0.15) is 40.7 Å². The topological polar surface area (TPSA) is 66.0 Å². The molecule has 1 spiro atoms. The fourth-order valence-electron chi connectivity index (χ4n) is 5.55. The van der Waals surface area contributed by atoms with Gasteiger partial charge in [-0.25, -0.2) is 9.78 Å². The molecule has 7 heteroatoms. The zero-order chi connectivity index (χ0) is 21.9. The van der Waals surface area contributed by atoms with Gasteiger partial charge in [0.15, 0.2) is 5.60 Å². The van der Waals surface area contributed by atoms with Crippen LogP contribution in [0.25, 0.3) is 0 Å². The summed E-state index contributed by atoms with van der Waals surface area (Å²) in [5.74, 6) is 0.850. The van der Waals surface area contributed by atoms with E-state index in [4.69, 9.17) is 9.72 Å². The Morgan fingerprint density at radius 1 is 1.00 bits per heavy atom. The minimum absolute atomic E-state index is 0.143. The summed E-state index contributed by atoms with van der Waals surface area (Å²) in [6, 6.07) is 11.7. The SMILES string of the molecule is CN1CCN(c2ccc(C3(C(=O)N4CC[C@@]5(C4)OC(=O)c4ccccc45)CC3)cn2)CC1. The van der Waals surface area contributed by atoms with E-state index in [9.17, 15) is 9.59 Å². The third-order valence-corrected chi connectivity index (χ3v) is 7.73. The molecule has 0 bridgehead atoms. The van der Waals surface area contributed by atoms with Crippen LogP contribution >= 0.6 is 0 Å². The number of anilines is 1. The highest BCUT2D eigenvalue weighted by Crippen LogP contribution is 2.52. The molecule has 6 rings (SSSR count). The number of esters is 1. The maximum atomic E-state index is 13.6. The maximum Gasteiger partial charge on any atom is 0.339 e. The number of hydrogen-bond acceptors (Lipinski definition) is 6. The number of likely N-dealkylation sites (tertiary alicyclic amines) is 1. The highest BCUT2D eigenvalue weighted by atomic mass is 16.6. The first-order chi connectivity index (χ1) is 15.5. The molecule has 1 amide bonds. The number of rotatable bonds is 3. The van der Waals surface area contributed by atoms with Crippen LogP contribution < -0.4 is 4.90 Å². The van der Waals surface area contributed by atoms with Crippen molar-refractivity contribution in [2.24, 2.45) is 0 Å². The molecule has 0 radical (unpaired) electrons. The van der Waals surface area contributed by atoms with Crippen LogP contribution in [0.5, 0.6) is 0 Å². The summed E-state index contributed by atoms with van der Waals surface area (Å²) in [6.45, 7) is 5.07. The van der Waals surface area contributed by atoms with Crippen molar-refractivity contribution < 1.29 is 14.3 Å². The Kier molecular flexibility index (Phi) is 4.34. The number of aromatic nitrogens is 1. The largest absolute Gasteiger partial charge is 0.449 e. The van der Waals surface area contributed by atoms with E-state index in [0.717, 1.165) is 56.0 Å². The predicted octanol–water partition coefficient (Wildman–Crippen LogP) is 2.16. The highest BCUT2D eigenvalue weighted by Gasteiger charge is 2.57. The lowest BCUT2D eigenvalue weighted by molar-refractivity contribution is -0.134. The Morgan fingerprint density at radius 3 is 2.50 bits per heavy atom. The number of nitrogens with zero attached hydrogens (tertiary/aromatic N) is 4. The Labute approximate surface area is 188 Å². The summed E-state index contributed by atoms with van der Waals surface area (Å²) >= 11 is 0. The number of hydrogen-bond donors (Lipinski definition) is 0. The summed E-state index contributed by atoms with van der Waals surface area (Å²) in [5.41, 5.74) is 1.39. The number of amides is 1. The first kappa shape index (κ1) is 19.7. The average Bonchev–Trinajstić information content (AvgIpc) is 3.46. The Morgan fingerprint density at radius 2 is 1.78 bits per heavy atom. The van der Waals surface area contributed by atoms with E-state index < -0.39 is 11.0 Å². The third kappa shape index (κ3) is 2.94. The molecule has 7 nitrogen and oxygen atoms in total. The maximum absolute atomic E-state index is 13.6. The van der Waals surface area contributed by atoms with Gasteiger partial charge in [-0.1, -0.05) is 24.3 Å². The average molecular weight is 433 g/mol. The number of ether oxygens (including phenoxy) is 1. The lowest BCUT2D eigenvalue weighted by Crippen LogP contribution is -2.44. The number of carbonyl (C=O) groups is 2. The fraction of sp³-hybridized carbons (Fsp3) is 0.480. The van der Waals surface area contributed by atoms with E-state index in [-0.39, 0.29) is 11.9 Å². The lowest BCUT2D eigenvalue weighted by Gasteiger charge is -2.33. The fourth-order valence-corrected chi connectivity index (χ4v) is 5.55. The number of carbonyl (C=O) groups excluding carboxylic acids is 2. The second kappa shape index (κ2) is 7.04. The van der Waals surface area contributed by atoms with Crippen molar-refractivity contribution in [1.82, 2.24) is 14.8 Å². The van der Waals surface area contributed by atoms with Crippen molar-refractivity contribution in [3.05, 3.63) is 59.3 Å². The minimum atomic E-state index is -0.692. The summed E-state index contributed by atoms with van der Waals surface area (Å²) in [6.07, 6.45) is 4.25. The molecule has 1 aromatic heterocycles. The molecule has 4 heterocycles. The van der Waals surface area contributed by atoms with Gasteiger partial charge in [0, 0.05) is 50.9 Å². The van der Waals surface area contributed by atoms with Crippen LogP contribution in [-0.4, -0.2) is 73.0 Å². The van der Waals surface area contributed by atoms with Crippen molar-refractivity contribution >= 4 is 17.7 Å². The monoisotopic (exact) mass is 432 g/mol. The number of fused-ring (bicyclic) bond motifs is 2. The predicted molar refractivity (Wildman–Crippen MR) is 120 cm³/mol. The van der Waals surface area contributed by atoms with E-state index in [1.807, 2.05) is 35.4 Å². The number of likely N-dealkylation sites (N-methyl/N-ethyl adjacent to an activating group) is 1.